The third kappa shape index (κ3) is 3.40. The van der Waals surface area contributed by atoms with Crippen LogP contribution in [0.5, 0.6) is 0 Å². The van der Waals surface area contributed by atoms with Crippen molar-refractivity contribution in [3.8, 4) is 10.6 Å². The monoisotopic (exact) mass is 265 g/mol. The molecule has 2 aromatic heterocycles. The molecule has 1 N–H and O–H groups in total. The summed E-state index contributed by atoms with van der Waals surface area (Å²) in [4.78, 5) is 0. The normalized spacial score (nSPS) is 12.0. The van der Waals surface area contributed by atoms with Crippen LogP contribution < -0.4 is 5.32 Å². The van der Waals surface area contributed by atoms with Crippen molar-refractivity contribution in [1.82, 2.24) is 15.5 Å². The van der Waals surface area contributed by atoms with Gasteiger partial charge in [-0.1, -0.05) is 11.3 Å². The van der Waals surface area contributed by atoms with E-state index in [0.717, 1.165) is 34.3 Å². The van der Waals surface area contributed by atoms with Crippen LogP contribution in [-0.2, 0) is 6.42 Å². The number of nitrogens with one attached hydrogen (secondary N) is 1. The molecule has 98 valence electrons. The largest absolute Gasteiger partial charge is 0.469 e. The van der Waals surface area contributed by atoms with Gasteiger partial charge in [-0.25, -0.2) is 0 Å². The Kier molecular flexibility index (Phi) is 3.82. The second-order valence-electron chi connectivity index (χ2n) is 5.32. The molecule has 5 heteroatoms. The van der Waals surface area contributed by atoms with Crippen molar-refractivity contribution in [3.05, 3.63) is 23.1 Å². The lowest BCUT2D eigenvalue weighted by atomic mass is 10.1. The van der Waals surface area contributed by atoms with Crippen LogP contribution in [0.1, 0.15) is 31.5 Å². The van der Waals surface area contributed by atoms with Gasteiger partial charge in [0.2, 0.25) is 0 Å². The molecule has 0 saturated heterocycles. The van der Waals surface area contributed by atoms with Gasteiger partial charge < -0.3 is 9.73 Å². The van der Waals surface area contributed by atoms with E-state index in [4.69, 9.17) is 4.42 Å². The zero-order valence-corrected chi connectivity index (χ0v) is 12.1. The molecule has 0 aliphatic rings. The molecular formula is C13H19N3OS. The SMILES string of the molecule is Cc1occc1-c1nnc(CCNC(C)(C)C)s1. The topological polar surface area (TPSA) is 51.0 Å². The summed E-state index contributed by atoms with van der Waals surface area (Å²) >= 11 is 1.63. The lowest BCUT2D eigenvalue weighted by Gasteiger charge is -2.19. The van der Waals surface area contributed by atoms with Crippen molar-refractivity contribution >= 4 is 11.3 Å². The maximum atomic E-state index is 5.28. The van der Waals surface area contributed by atoms with Crippen LogP contribution in [0, 0.1) is 6.92 Å². The fourth-order valence-corrected chi connectivity index (χ4v) is 2.53. The maximum Gasteiger partial charge on any atom is 0.151 e. The molecule has 0 radical (unpaired) electrons. The number of aromatic nitrogens is 2. The standard InChI is InChI=1S/C13H19N3OS/c1-9-10(6-8-17-9)12-16-15-11(18-12)5-7-14-13(2,3)4/h6,8,14H,5,7H2,1-4H3. The van der Waals surface area contributed by atoms with Crippen molar-refractivity contribution < 1.29 is 4.42 Å². The Hall–Kier alpha value is -1.20. The van der Waals surface area contributed by atoms with E-state index in [1.807, 2.05) is 13.0 Å². The molecular weight excluding hydrogens is 246 g/mol. The van der Waals surface area contributed by atoms with Gasteiger partial charge in [0.05, 0.1) is 11.8 Å². The molecule has 0 fully saturated rings. The fourth-order valence-electron chi connectivity index (χ4n) is 1.61. The van der Waals surface area contributed by atoms with E-state index in [1.165, 1.54) is 0 Å². The number of aryl methyl sites for hydroxylation is 1. The van der Waals surface area contributed by atoms with Gasteiger partial charge in [-0.2, -0.15) is 0 Å². The Morgan fingerprint density at radius 2 is 2.11 bits per heavy atom. The average molecular weight is 265 g/mol. The summed E-state index contributed by atoms with van der Waals surface area (Å²) in [6.45, 7) is 9.34. The zero-order valence-electron chi connectivity index (χ0n) is 11.3. The van der Waals surface area contributed by atoms with E-state index < -0.39 is 0 Å². The van der Waals surface area contributed by atoms with Gasteiger partial charge in [0, 0.05) is 18.5 Å². The van der Waals surface area contributed by atoms with Crippen molar-refractivity contribution in [1.29, 1.82) is 0 Å². The minimum atomic E-state index is 0.147. The lowest BCUT2D eigenvalue weighted by Crippen LogP contribution is -2.37. The molecule has 2 rings (SSSR count). The van der Waals surface area contributed by atoms with E-state index >= 15 is 0 Å². The van der Waals surface area contributed by atoms with Crippen LogP contribution in [-0.4, -0.2) is 22.3 Å². The van der Waals surface area contributed by atoms with E-state index in [-0.39, 0.29) is 5.54 Å². The molecule has 0 atom stereocenters. The Morgan fingerprint density at radius 1 is 1.33 bits per heavy atom. The zero-order chi connectivity index (χ0) is 13.2. The van der Waals surface area contributed by atoms with E-state index in [2.05, 4.69) is 36.3 Å². The third-order valence-electron chi connectivity index (χ3n) is 2.55. The molecule has 0 spiro atoms. The predicted molar refractivity (Wildman–Crippen MR) is 73.8 cm³/mol. The van der Waals surface area contributed by atoms with Crippen LogP contribution in [0.25, 0.3) is 10.6 Å². The molecule has 0 aliphatic heterocycles. The van der Waals surface area contributed by atoms with Gasteiger partial charge in [-0.05, 0) is 33.8 Å². The second-order valence-corrected chi connectivity index (χ2v) is 6.38. The summed E-state index contributed by atoms with van der Waals surface area (Å²) in [5, 5.41) is 13.9. The Labute approximate surface area is 111 Å². The first-order valence-electron chi connectivity index (χ1n) is 6.07. The summed E-state index contributed by atoms with van der Waals surface area (Å²) in [6.07, 6.45) is 2.60. The van der Waals surface area contributed by atoms with Gasteiger partial charge >= 0.3 is 0 Å². The van der Waals surface area contributed by atoms with E-state index in [1.54, 1.807) is 17.6 Å². The summed E-state index contributed by atoms with van der Waals surface area (Å²) in [5.74, 6) is 0.894. The molecule has 18 heavy (non-hydrogen) atoms. The molecule has 0 amide bonds. The number of hydrogen-bond donors (Lipinski definition) is 1. The minimum absolute atomic E-state index is 0.147. The molecule has 0 aliphatic carbocycles. The maximum absolute atomic E-state index is 5.28. The summed E-state index contributed by atoms with van der Waals surface area (Å²) in [6, 6.07) is 1.94. The Morgan fingerprint density at radius 3 is 2.72 bits per heavy atom. The summed E-state index contributed by atoms with van der Waals surface area (Å²) in [5.41, 5.74) is 1.19. The van der Waals surface area contributed by atoms with Crippen LogP contribution >= 0.6 is 11.3 Å². The molecule has 4 nitrogen and oxygen atoms in total. The van der Waals surface area contributed by atoms with Gasteiger partial charge in [0.15, 0.2) is 5.01 Å². The smallest absolute Gasteiger partial charge is 0.151 e. The number of furan rings is 1. The van der Waals surface area contributed by atoms with Crippen LogP contribution in [0.4, 0.5) is 0 Å². The third-order valence-corrected chi connectivity index (χ3v) is 3.57. The quantitative estimate of drug-likeness (QED) is 0.923. The highest BCUT2D eigenvalue weighted by molar-refractivity contribution is 7.14. The molecule has 0 saturated carbocycles. The molecule has 2 heterocycles. The summed E-state index contributed by atoms with van der Waals surface area (Å²) in [7, 11) is 0. The van der Waals surface area contributed by atoms with Gasteiger partial charge in [0.25, 0.3) is 0 Å². The van der Waals surface area contributed by atoms with Crippen molar-refractivity contribution in [3.63, 3.8) is 0 Å². The number of hydrogen-bond acceptors (Lipinski definition) is 5. The highest BCUT2D eigenvalue weighted by atomic mass is 32.1. The lowest BCUT2D eigenvalue weighted by molar-refractivity contribution is 0.429. The first-order valence-corrected chi connectivity index (χ1v) is 6.89. The summed E-state index contributed by atoms with van der Waals surface area (Å²) < 4.78 is 5.28. The van der Waals surface area contributed by atoms with Crippen LogP contribution in [0.15, 0.2) is 16.7 Å². The minimum Gasteiger partial charge on any atom is -0.469 e. The Bertz CT molecular complexity index is 510. The molecule has 2 aromatic rings. The predicted octanol–water partition coefficient (Wildman–Crippen LogP) is 3.04. The van der Waals surface area contributed by atoms with Gasteiger partial charge in [0.1, 0.15) is 10.8 Å². The van der Waals surface area contributed by atoms with Crippen LogP contribution in [0.3, 0.4) is 0 Å². The molecule has 0 unspecified atom stereocenters. The second kappa shape index (κ2) is 5.20. The molecule has 0 aromatic carbocycles. The fraction of sp³-hybridized carbons (Fsp3) is 0.538. The van der Waals surface area contributed by atoms with Crippen molar-refractivity contribution in [2.45, 2.75) is 39.7 Å². The number of rotatable bonds is 4. The van der Waals surface area contributed by atoms with Gasteiger partial charge in [-0.3, -0.25) is 0 Å². The van der Waals surface area contributed by atoms with Crippen molar-refractivity contribution in [2.75, 3.05) is 6.54 Å². The Balaban J connectivity index is 1.97. The van der Waals surface area contributed by atoms with Crippen molar-refractivity contribution in [2.24, 2.45) is 0 Å². The van der Waals surface area contributed by atoms with Gasteiger partial charge in [-0.15, -0.1) is 10.2 Å². The number of nitrogens with zero attached hydrogens (tertiary/aromatic N) is 2. The highest BCUT2D eigenvalue weighted by Crippen LogP contribution is 2.27. The first-order chi connectivity index (χ1) is 8.46. The molecule has 0 bridgehead atoms. The highest BCUT2D eigenvalue weighted by Gasteiger charge is 2.12. The van der Waals surface area contributed by atoms with E-state index in [9.17, 15) is 0 Å². The van der Waals surface area contributed by atoms with E-state index in [0.29, 0.717) is 0 Å². The first kappa shape index (κ1) is 13.2. The van der Waals surface area contributed by atoms with Crippen LogP contribution in [0.2, 0.25) is 0 Å². The average Bonchev–Trinajstić information content (AvgIpc) is 2.84.